The second kappa shape index (κ2) is 2.67. The molecule has 0 atom stereocenters. The van der Waals surface area contributed by atoms with Gasteiger partial charge in [0, 0.05) is 5.69 Å². The van der Waals surface area contributed by atoms with E-state index in [4.69, 9.17) is 11.5 Å². The first-order valence-corrected chi connectivity index (χ1v) is 3.17. The van der Waals surface area contributed by atoms with E-state index in [1.807, 2.05) is 0 Å². The number of nitrogens with two attached hydrogens (primary N) is 2. The molecule has 4 nitrogen and oxygen atoms in total. The quantitative estimate of drug-likeness (QED) is 0.460. The number of nitrogens with zero attached hydrogens (tertiary/aromatic N) is 1. The van der Waals surface area contributed by atoms with Gasteiger partial charge < -0.3 is 21.7 Å². The first-order chi connectivity index (χ1) is 5.11. The Balaban J connectivity index is 3.13. The summed E-state index contributed by atoms with van der Waals surface area (Å²) in [7, 11) is 1.38. The van der Waals surface area contributed by atoms with Gasteiger partial charge >= 0.3 is 0 Å². The van der Waals surface area contributed by atoms with Crippen molar-refractivity contribution in [2.75, 3.05) is 23.6 Å². The van der Waals surface area contributed by atoms with Gasteiger partial charge in [0.1, 0.15) is 0 Å². The van der Waals surface area contributed by atoms with Crippen LogP contribution in [0.3, 0.4) is 0 Å². The van der Waals surface area contributed by atoms with Crippen LogP contribution in [0.25, 0.3) is 0 Å². The molecule has 1 aromatic rings. The zero-order valence-corrected chi connectivity index (χ0v) is 6.24. The smallest absolute Gasteiger partial charge is 0.0545 e. The second-order valence-electron chi connectivity index (χ2n) is 2.32. The monoisotopic (exact) mass is 152 g/mol. The zero-order valence-electron chi connectivity index (χ0n) is 6.24. The van der Waals surface area contributed by atoms with Gasteiger partial charge in [0.15, 0.2) is 0 Å². The van der Waals surface area contributed by atoms with Crippen molar-refractivity contribution in [2.45, 2.75) is 0 Å². The van der Waals surface area contributed by atoms with Crippen molar-refractivity contribution in [1.29, 1.82) is 0 Å². The highest BCUT2D eigenvalue weighted by molar-refractivity contribution is 5.72. The Bertz CT molecular complexity index is 260. The van der Waals surface area contributed by atoms with Gasteiger partial charge in [-0.1, -0.05) is 0 Å². The summed E-state index contributed by atoms with van der Waals surface area (Å²) in [5.74, 6) is 0. The topological polar surface area (TPSA) is 78.3 Å². The highest BCUT2D eigenvalue weighted by atomic mass is 16.5. The van der Waals surface area contributed by atoms with Crippen molar-refractivity contribution in [3.05, 3.63) is 23.4 Å². The summed E-state index contributed by atoms with van der Waals surface area (Å²) in [6, 6.07) is 4.81. The van der Waals surface area contributed by atoms with E-state index in [1.54, 1.807) is 18.2 Å². The van der Waals surface area contributed by atoms with Gasteiger partial charge in [0.2, 0.25) is 0 Å². The van der Waals surface area contributed by atoms with Crippen LogP contribution in [0.5, 0.6) is 0 Å². The van der Waals surface area contributed by atoms with Crippen molar-refractivity contribution in [3.8, 4) is 0 Å². The summed E-state index contributed by atoms with van der Waals surface area (Å²) in [5.41, 5.74) is 12.3. The van der Waals surface area contributed by atoms with Crippen molar-refractivity contribution in [3.63, 3.8) is 0 Å². The number of benzene rings is 1. The lowest BCUT2D eigenvalue weighted by molar-refractivity contribution is 1.22. The average Bonchev–Trinajstić information content (AvgIpc) is 1.94. The first-order valence-electron chi connectivity index (χ1n) is 3.17. The molecule has 0 aliphatic heterocycles. The summed E-state index contributed by atoms with van der Waals surface area (Å²) in [6.07, 6.45) is 0. The fourth-order valence-corrected chi connectivity index (χ4v) is 0.833. The van der Waals surface area contributed by atoms with Crippen LogP contribution in [0.4, 0.5) is 17.1 Å². The Morgan fingerprint density at radius 1 is 1.36 bits per heavy atom. The van der Waals surface area contributed by atoms with E-state index in [9.17, 15) is 5.21 Å². The molecule has 0 heterocycles. The third-order valence-corrected chi connectivity index (χ3v) is 1.39. The van der Waals surface area contributed by atoms with Gasteiger partial charge in [-0.25, -0.2) is 0 Å². The molecule has 0 fully saturated rings. The SMILES string of the molecule is CN([O-])c1cc(N)ccc1N. The number of rotatable bonds is 1. The maximum Gasteiger partial charge on any atom is 0.0545 e. The largest absolute Gasteiger partial charge is 0.758 e. The van der Waals surface area contributed by atoms with Crippen LogP contribution in [0.15, 0.2) is 18.2 Å². The van der Waals surface area contributed by atoms with E-state index in [2.05, 4.69) is 0 Å². The lowest BCUT2D eigenvalue weighted by Gasteiger charge is -2.26. The molecule has 0 radical (unpaired) electrons. The maximum atomic E-state index is 10.8. The lowest BCUT2D eigenvalue weighted by Crippen LogP contribution is -2.08. The predicted octanol–water partition coefficient (Wildman–Crippen LogP) is 0.785. The highest BCUT2D eigenvalue weighted by Gasteiger charge is 1.96. The Morgan fingerprint density at radius 3 is 2.45 bits per heavy atom. The molecule has 0 saturated heterocycles. The molecule has 0 spiro atoms. The second-order valence-corrected chi connectivity index (χ2v) is 2.32. The standard InChI is InChI=1S/C7H10N3O/c1-10(11)7-4-5(8)2-3-6(7)9/h2-4H,8-9H2,1H3/q-1. The summed E-state index contributed by atoms with van der Waals surface area (Å²) in [5, 5.41) is 11.5. The maximum absolute atomic E-state index is 10.8. The fraction of sp³-hybridized carbons (Fsp3) is 0.143. The minimum atomic E-state index is 0.407. The average molecular weight is 152 g/mol. The number of hydroxylamine groups is 1. The molecule has 0 bridgehead atoms. The Morgan fingerprint density at radius 2 is 2.00 bits per heavy atom. The Kier molecular flexibility index (Phi) is 1.87. The zero-order chi connectivity index (χ0) is 8.43. The Labute approximate surface area is 65.0 Å². The van der Waals surface area contributed by atoms with Crippen molar-refractivity contribution < 1.29 is 0 Å². The molecule has 1 aromatic carbocycles. The fourth-order valence-electron chi connectivity index (χ4n) is 0.833. The van der Waals surface area contributed by atoms with E-state index in [1.165, 1.54) is 7.05 Å². The van der Waals surface area contributed by atoms with Crippen molar-refractivity contribution in [2.24, 2.45) is 0 Å². The van der Waals surface area contributed by atoms with Crippen LogP contribution in [0, 0.1) is 5.21 Å². The van der Waals surface area contributed by atoms with Gasteiger partial charge in [-0.2, -0.15) is 0 Å². The normalized spacial score (nSPS) is 9.64. The molecule has 0 amide bonds. The highest BCUT2D eigenvalue weighted by Crippen LogP contribution is 2.23. The lowest BCUT2D eigenvalue weighted by atomic mass is 10.2. The summed E-state index contributed by atoms with van der Waals surface area (Å²) in [6.45, 7) is 0. The molecule has 4 heteroatoms. The van der Waals surface area contributed by atoms with Crippen LogP contribution < -0.4 is 16.5 Å². The van der Waals surface area contributed by atoms with E-state index < -0.39 is 0 Å². The summed E-state index contributed by atoms with van der Waals surface area (Å²) < 4.78 is 0. The van der Waals surface area contributed by atoms with Crippen molar-refractivity contribution in [1.82, 2.24) is 0 Å². The molecule has 0 aliphatic carbocycles. The molecule has 0 unspecified atom stereocenters. The van der Waals surface area contributed by atoms with Crippen LogP contribution in [-0.2, 0) is 0 Å². The van der Waals surface area contributed by atoms with Gasteiger partial charge in [0.05, 0.1) is 11.4 Å². The molecule has 1 rings (SSSR count). The molecular weight excluding hydrogens is 142 g/mol. The van der Waals surface area contributed by atoms with Crippen LogP contribution in [0.2, 0.25) is 0 Å². The summed E-state index contributed by atoms with van der Waals surface area (Å²) >= 11 is 0. The van der Waals surface area contributed by atoms with E-state index in [-0.39, 0.29) is 0 Å². The first kappa shape index (κ1) is 7.68. The number of nitrogen functional groups attached to an aromatic ring is 2. The number of hydrogen-bond acceptors (Lipinski definition) is 4. The minimum Gasteiger partial charge on any atom is -0.758 e. The van der Waals surface area contributed by atoms with Gasteiger partial charge in [-0.05, 0) is 25.2 Å². The van der Waals surface area contributed by atoms with Crippen LogP contribution in [0.1, 0.15) is 0 Å². The van der Waals surface area contributed by atoms with Gasteiger partial charge in [0.25, 0.3) is 0 Å². The molecule has 60 valence electrons. The number of hydrogen-bond donors (Lipinski definition) is 2. The molecule has 11 heavy (non-hydrogen) atoms. The van der Waals surface area contributed by atoms with E-state index >= 15 is 0 Å². The van der Waals surface area contributed by atoms with E-state index in [0.717, 1.165) is 0 Å². The molecule has 0 aromatic heterocycles. The summed E-state index contributed by atoms with van der Waals surface area (Å²) in [4.78, 5) is 0. The third kappa shape index (κ3) is 1.53. The molecule has 0 saturated carbocycles. The van der Waals surface area contributed by atoms with Gasteiger partial charge in [-0.15, -0.1) is 0 Å². The van der Waals surface area contributed by atoms with Gasteiger partial charge in [-0.3, -0.25) is 0 Å². The predicted molar refractivity (Wildman–Crippen MR) is 47.0 cm³/mol. The van der Waals surface area contributed by atoms with Crippen LogP contribution in [-0.4, -0.2) is 7.05 Å². The van der Waals surface area contributed by atoms with Crippen molar-refractivity contribution >= 4 is 17.1 Å². The third-order valence-electron chi connectivity index (χ3n) is 1.39. The molecule has 0 aliphatic rings. The van der Waals surface area contributed by atoms with E-state index in [0.29, 0.717) is 22.1 Å². The number of anilines is 3. The minimum absolute atomic E-state index is 0.407. The molecule has 4 N–H and O–H groups in total. The molecular formula is C7H10N3O-. The Hall–Kier alpha value is -1.42. The van der Waals surface area contributed by atoms with Crippen LogP contribution >= 0.6 is 0 Å².